The van der Waals surface area contributed by atoms with Gasteiger partial charge >= 0.3 is 130 Å². The fraction of sp³-hybridized carbons (Fsp3) is 0.227. The zero-order valence-corrected chi connectivity index (χ0v) is 34.5. The molecule has 50 heavy (non-hydrogen) atoms. The van der Waals surface area contributed by atoms with Gasteiger partial charge in [0.15, 0.2) is 0 Å². The van der Waals surface area contributed by atoms with Gasteiger partial charge in [-0.2, -0.15) is 0 Å². The maximum atomic E-state index is 13.0. The van der Waals surface area contributed by atoms with Gasteiger partial charge in [-0.3, -0.25) is 0 Å². The molecule has 0 fully saturated rings. The molecule has 0 saturated heterocycles. The van der Waals surface area contributed by atoms with Crippen LogP contribution in [0.5, 0.6) is 0 Å². The second-order valence-electron chi connectivity index (χ2n) is 14.4. The molecule has 0 unspecified atom stereocenters. The largest absolute Gasteiger partial charge is 0.501 e. The number of benzene rings is 4. The Kier molecular flexibility index (Phi) is 11.6. The summed E-state index contributed by atoms with van der Waals surface area (Å²) in [5.74, 6) is 7.53. The van der Waals surface area contributed by atoms with E-state index >= 15 is 0 Å². The van der Waals surface area contributed by atoms with Gasteiger partial charge in [-0.25, -0.2) is 0 Å². The molecule has 3 aromatic heterocycles. The fourth-order valence-electron chi connectivity index (χ4n) is 6.73. The third-order valence-electron chi connectivity index (χ3n) is 8.80. The second-order valence-corrected chi connectivity index (χ2v) is 25.0. The van der Waals surface area contributed by atoms with Crippen molar-refractivity contribution in [3.8, 4) is 33.6 Å². The number of para-hydroxylation sites is 1. The summed E-state index contributed by atoms with van der Waals surface area (Å²) in [6, 6.07) is 33.9. The zero-order valence-electron chi connectivity index (χ0n) is 30.0. The number of hydrogen-bond acceptors (Lipinski definition) is 3. The van der Waals surface area contributed by atoms with Gasteiger partial charge in [0.05, 0.1) is 5.58 Å². The van der Waals surface area contributed by atoms with Crippen molar-refractivity contribution in [1.82, 2.24) is 9.97 Å². The Morgan fingerprint density at radius 3 is 2.24 bits per heavy atom. The van der Waals surface area contributed by atoms with Crippen LogP contribution in [0.25, 0.3) is 55.6 Å². The van der Waals surface area contributed by atoms with E-state index in [0.29, 0.717) is 5.92 Å². The number of furan rings is 1. The molecule has 0 N–H and O–H groups in total. The van der Waals surface area contributed by atoms with Gasteiger partial charge < -0.3 is 9.40 Å². The maximum absolute atomic E-state index is 13.0. The predicted molar refractivity (Wildman–Crippen MR) is 205 cm³/mol. The van der Waals surface area contributed by atoms with E-state index in [9.17, 15) is 4.39 Å². The van der Waals surface area contributed by atoms with Crippen LogP contribution in [-0.2, 0) is 26.5 Å². The molecule has 6 heteroatoms. The molecule has 0 spiro atoms. The number of nitrogens with zero attached hydrogens (tertiary/aromatic N) is 2. The SMILES string of the molecule is CC(C)Cc1cc(-c2[c-]cc(F)cc2)nc[c]1[Ge]([CH3])([CH3])[CH3].Cc1cc(C)c(-c2ccnc(-c3[c-]ccc4c3oc3ccccc34)c2)c(C)c1.[Ir]. The molecule has 3 nitrogen and oxygen atoms in total. The second kappa shape index (κ2) is 15.6. The van der Waals surface area contributed by atoms with Crippen molar-refractivity contribution in [3.63, 3.8) is 0 Å². The zero-order chi connectivity index (χ0) is 34.9. The normalized spacial score (nSPS) is 11.4. The number of fused-ring (bicyclic) bond motifs is 3. The van der Waals surface area contributed by atoms with Crippen LogP contribution in [0.1, 0.15) is 36.1 Å². The van der Waals surface area contributed by atoms with Crippen molar-refractivity contribution >= 4 is 39.6 Å². The molecular weight excluding hydrogens is 856 g/mol. The maximum Gasteiger partial charge on any atom is 0.120 e. The van der Waals surface area contributed by atoms with Gasteiger partial charge in [-0.05, 0) is 60.9 Å². The number of rotatable bonds is 6. The first kappa shape index (κ1) is 37.4. The molecule has 7 rings (SSSR count). The van der Waals surface area contributed by atoms with E-state index in [1.54, 1.807) is 6.07 Å². The standard InChI is InChI=1S/C26H20NO.C18H23FGeN.Ir/c1-16-13-17(2)25(18(3)14-16)19-11-12-27-23(15-19)22-9-6-8-21-20-7-4-5-10-24(20)28-26(21)22;1-13(2)10-15-11-18(14-6-8-16(19)9-7-14)21-12-17(15)20(3,4)5;/h4-8,10-15H,1-3H3;6,8-9,11-13H,10H2,1-5H3;/q2*-1;. The average Bonchev–Trinajstić information content (AvgIpc) is 3.43. The number of aryl methyl sites for hydroxylation is 3. The van der Waals surface area contributed by atoms with Gasteiger partial charge in [0, 0.05) is 31.7 Å². The summed E-state index contributed by atoms with van der Waals surface area (Å²) in [4.78, 5) is 9.25. The molecule has 3 heterocycles. The van der Waals surface area contributed by atoms with Crippen LogP contribution in [0.2, 0.25) is 17.3 Å². The molecule has 257 valence electrons. The molecule has 0 atom stereocenters. The minimum atomic E-state index is -1.93. The van der Waals surface area contributed by atoms with Crippen LogP contribution in [0.3, 0.4) is 0 Å². The molecule has 0 aliphatic rings. The first-order valence-electron chi connectivity index (χ1n) is 16.9. The Bertz CT molecular complexity index is 2250. The Morgan fingerprint density at radius 2 is 1.56 bits per heavy atom. The predicted octanol–water partition coefficient (Wildman–Crippen LogP) is 11.5. The van der Waals surface area contributed by atoms with E-state index in [4.69, 9.17) is 4.42 Å². The van der Waals surface area contributed by atoms with Crippen molar-refractivity contribution in [2.24, 2.45) is 5.92 Å². The Hall–Kier alpha value is -3.90. The fourth-order valence-corrected chi connectivity index (χ4v) is 10.1. The number of pyridine rings is 2. The number of hydrogen-bond donors (Lipinski definition) is 0. The van der Waals surface area contributed by atoms with Crippen molar-refractivity contribution in [3.05, 3.63) is 138 Å². The van der Waals surface area contributed by atoms with E-state index in [-0.39, 0.29) is 25.9 Å². The summed E-state index contributed by atoms with van der Waals surface area (Å²) in [5, 5.41) is 2.22. The van der Waals surface area contributed by atoms with Gasteiger partial charge in [0.1, 0.15) is 5.58 Å². The first-order chi connectivity index (χ1) is 23.4. The summed E-state index contributed by atoms with van der Waals surface area (Å²) in [6.07, 6.45) is 4.98. The van der Waals surface area contributed by atoms with Gasteiger partial charge in [-0.1, -0.05) is 52.9 Å². The Balaban J connectivity index is 0.000000199. The van der Waals surface area contributed by atoms with E-state index in [2.05, 4.69) is 116 Å². The first-order valence-corrected chi connectivity index (χ1v) is 24.3. The van der Waals surface area contributed by atoms with Gasteiger partial charge in [0.25, 0.3) is 0 Å². The van der Waals surface area contributed by atoms with Crippen molar-refractivity contribution in [1.29, 1.82) is 0 Å². The van der Waals surface area contributed by atoms with E-state index in [1.807, 2.05) is 36.7 Å². The third-order valence-corrected chi connectivity index (χ3v) is 13.1. The van der Waals surface area contributed by atoms with Crippen molar-refractivity contribution < 1.29 is 28.9 Å². The van der Waals surface area contributed by atoms with Crippen LogP contribution < -0.4 is 4.40 Å². The molecule has 7 aromatic rings. The van der Waals surface area contributed by atoms with E-state index in [0.717, 1.165) is 50.9 Å². The average molecular weight is 900 g/mol. The Labute approximate surface area is 312 Å². The van der Waals surface area contributed by atoms with Crippen LogP contribution in [0.15, 0.2) is 102 Å². The topological polar surface area (TPSA) is 38.9 Å². The monoisotopic (exact) mass is 901 g/mol. The smallest absolute Gasteiger partial charge is 0.120 e. The Morgan fingerprint density at radius 1 is 0.820 bits per heavy atom. The van der Waals surface area contributed by atoms with Crippen LogP contribution in [0.4, 0.5) is 4.39 Å². The summed E-state index contributed by atoms with van der Waals surface area (Å²) in [5.41, 5.74) is 12.9. The van der Waals surface area contributed by atoms with Gasteiger partial charge in [0.2, 0.25) is 0 Å². The molecule has 0 aliphatic heterocycles. The summed E-state index contributed by atoms with van der Waals surface area (Å²) in [7, 11) is 0. The molecular formula is C44H43FGeIrN2O-2. The molecule has 4 aromatic carbocycles. The van der Waals surface area contributed by atoms with E-state index < -0.39 is 13.3 Å². The van der Waals surface area contributed by atoms with Crippen molar-refractivity contribution in [2.45, 2.75) is 58.3 Å². The molecule has 0 amide bonds. The third kappa shape index (κ3) is 8.18. The number of halogens is 1. The quantitative estimate of drug-likeness (QED) is 0.123. The molecule has 0 saturated carbocycles. The van der Waals surface area contributed by atoms with E-state index in [1.165, 1.54) is 49.9 Å². The summed E-state index contributed by atoms with van der Waals surface area (Å²) >= 11 is -1.93. The molecule has 0 aliphatic carbocycles. The molecule has 1 radical (unpaired) electrons. The van der Waals surface area contributed by atoms with Crippen molar-refractivity contribution in [2.75, 3.05) is 0 Å². The summed E-state index contributed by atoms with van der Waals surface area (Å²) < 4.78 is 20.7. The summed E-state index contributed by atoms with van der Waals surface area (Å²) in [6.45, 7) is 11.0. The van der Waals surface area contributed by atoms with Crippen LogP contribution in [0, 0.1) is 44.6 Å². The minimum Gasteiger partial charge on any atom is -0.501 e. The van der Waals surface area contributed by atoms with Crippen LogP contribution in [-0.4, -0.2) is 23.2 Å². The van der Waals surface area contributed by atoms with Gasteiger partial charge in [-0.15, -0.1) is 18.2 Å². The number of aromatic nitrogens is 2. The minimum absolute atomic E-state index is 0. The van der Waals surface area contributed by atoms with Crippen LogP contribution >= 0.6 is 0 Å². The molecule has 0 bridgehead atoms.